The van der Waals surface area contributed by atoms with Gasteiger partial charge in [-0.1, -0.05) is 11.6 Å². The van der Waals surface area contributed by atoms with E-state index in [4.69, 9.17) is 17.1 Å². The molecule has 1 aromatic carbocycles. The number of carbonyl (C=O) groups excluding carboxylic acids is 2. The molecule has 0 saturated heterocycles. The summed E-state index contributed by atoms with van der Waals surface area (Å²) in [6.07, 6.45) is 0. The monoisotopic (exact) mass is 267 g/mol. The topological polar surface area (TPSA) is 83.0 Å². The fourth-order valence-electron chi connectivity index (χ4n) is 1.21. The Morgan fingerprint density at radius 2 is 1.89 bits per heavy atom. The number of benzene rings is 1. The van der Waals surface area contributed by atoms with Crippen LogP contribution in [-0.2, 0) is 14.3 Å². The van der Waals surface area contributed by atoms with Crippen molar-refractivity contribution in [2.45, 2.75) is 0 Å². The Morgan fingerprint density at radius 3 is 2.33 bits per heavy atom. The molecule has 94 valence electrons. The van der Waals surface area contributed by atoms with Crippen LogP contribution in [0.4, 0.5) is 5.69 Å². The standard InChI is InChI=1S/C11H10ClN3O3/c1-15(8-5-3-7(12)4-6-8)10(16)9(14-13)11(17)18-2/h3-6H,1-2H3. The Bertz CT molecular complexity index is 521. The second-order valence-electron chi connectivity index (χ2n) is 3.28. The highest BCUT2D eigenvalue weighted by Gasteiger charge is 2.34. The fraction of sp³-hybridized carbons (Fsp3) is 0.182. The first kappa shape index (κ1) is 13.9. The number of carbonyl (C=O) groups is 2. The molecular formula is C11H10ClN3O3. The van der Waals surface area contributed by atoms with Crippen molar-refractivity contribution in [2.75, 3.05) is 19.1 Å². The number of nitrogens with zero attached hydrogens (tertiary/aromatic N) is 3. The first-order chi connectivity index (χ1) is 8.51. The summed E-state index contributed by atoms with van der Waals surface area (Å²) in [4.78, 5) is 26.8. The van der Waals surface area contributed by atoms with Gasteiger partial charge >= 0.3 is 17.6 Å². The van der Waals surface area contributed by atoms with Crippen molar-refractivity contribution in [1.29, 1.82) is 0 Å². The highest BCUT2D eigenvalue weighted by atomic mass is 35.5. The molecule has 0 aromatic heterocycles. The maximum atomic E-state index is 11.9. The summed E-state index contributed by atoms with van der Waals surface area (Å²) >= 11 is 5.72. The van der Waals surface area contributed by atoms with Crippen molar-refractivity contribution in [2.24, 2.45) is 0 Å². The summed E-state index contributed by atoms with van der Waals surface area (Å²) in [5.41, 5.74) is 8.45. The third-order valence-electron chi connectivity index (χ3n) is 2.20. The van der Waals surface area contributed by atoms with Crippen LogP contribution in [0.3, 0.4) is 0 Å². The Morgan fingerprint density at radius 1 is 1.33 bits per heavy atom. The predicted molar refractivity (Wildman–Crippen MR) is 65.5 cm³/mol. The lowest BCUT2D eigenvalue weighted by atomic mass is 10.2. The van der Waals surface area contributed by atoms with Crippen LogP contribution >= 0.6 is 11.6 Å². The molecule has 18 heavy (non-hydrogen) atoms. The van der Waals surface area contributed by atoms with Gasteiger partial charge in [0.2, 0.25) is 0 Å². The Labute approximate surface area is 108 Å². The highest BCUT2D eigenvalue weighted by Crippen LogP contribution is 2.16. The van der Waals surface area contributed by atoms with E-state index in [-0.39, 0.29) is 0 Å². The smallest absolute Gasteiger partial charge is 0.460 e. The minimum absolute atomic E-state index is 0.495. The second kappa shape index (κ2) is 5.95. The lowest BCUT2D eigenvalue weighted by molar-refractivity contribution is -0.139. The number of ether oxygens (including phenoxy) is 1. The largest absolute Gasteiger partial charge is 0.463 e. The van der Waals surface area contributed by atoms with E-state index in [1.807, 2.05) is 0 Å². The first-order valence-electron chi connectivity index (χ1n) is 4.85. The number of amides is 1. The van der Waals surface area contributed by atoms with E-state index >= 15 is 0 Å². The Hall–Kier alpha value is -2.17. The van der Waals surface area contributed by atoms with Gasteiger partial charge in [0, 0.05) is 17.8 Å². The third kappa shape index (κ3) is 2.94. The van der Waals surface area contributed by atoms with Crippen LogP contribution in [0.1, 0.15) is 0 Å². The number of methoxy groups -OCH3 is 1. The molecule has 6 nitrogen and oxygen atoms in total. The number of esters is 1. The molecule has 0 N–H and O–H groups in total. The average molecular weight is 268 g/mol. The summed E-state index contributed by atoms with van der Waals surface area (Å²) in [5, 5.41) is 0.517. The van der Waals surface area contributed by atoms with Crippen LogP contribution in [0.15, 0.2) is 24.3 Å². The van der Waals surface area contributed by atoms with Gasteiger partial charge in [0.1, 0.15) is 0 Å². The van der Waals surface area contributed by atoms with Gasteiger partial charge in [-0.25, -0.2) is 4.79 Å². The van der Waals surface area contributed by atoms with Gasteiger partial charge in [-0.15, -0.1) is 0 Å². The zero-order valence-corrected chi connectivity index (χ0v) is 10.5. The quantitative estimate of drug-likeness (QED) is 0.271. The highest BCUT2D eigenvalue weighted by molar-refractivity contribution is 6.64. The van der Waals surface area contributed by atoms with Crippen LogP contribution in [0, 0.1) is 0 Å². The molecule has 0 heterocycles. The zero-order valence-electron chi connectivity index (χ0n) is 9.75. The summed E-state index contributed by atoms with van der Waals surface area (Å²) in [6, 6.07) is 6.36. The van der Waals surface area contributed by atoms with Gasteiger partial charge in [-0.3, -0.25) is 4.79 Å². The molecule has 0 spiro atoms. The molecular weight excluding hydrogens is 258 g/mol. The predicted octanol–water partition coefficient (Wildman–Crippen LogP) is 1.15. The molecule has 0 saturated carbocycles. The van der Waals surface area contributed by atoms with Crippen molar-refractivity contribution >= 4 is 34.9 Å². The first-order valence-corrected chi connectivity index (χ1v) is 5.23. The van der Waals surface area contributed by atoms with Crippen molar-refractivity contribution in [3.05, 3.63) is 34.8 Å². The molecule has 0 bridgehead atoms. The molecule has 1 amide bonds. The number of rotatable bonds is 3. The molecule has 0 aliphatic carbocycles. The number of anilines is 1. The molecule has 0 aliphatic rings. The molecule has 7 heteroatoms. The van der Waals surface area contributed by atoms with E-state index in [0.717, 1.165) is 12.0 Å². The maximum absolute atomic E-state index is 11.9. The van der Waals surface area contributed by atoms with Gasteiger partial charge in [0.25, 0.3) is 0 Å². The van der Waals surface area contributed by atoms with Crippen LogP contribution in [-0.4, -0.2) is 36.5 Å². The number of halogens is 1. The van der Waals surface area contributed by atoms with Crippen LogP contribution in [0.25, 0.3) is 5.53 Å². The molecule has 0 radical (unpaired) electrons. The van der Waals surface area contributed by atoms with Crippen molar-refractivity contribution in [3.63, 3.8) is 0 Å². The summed E-state index contributed by atoms with van der Waals surface area (Å²) in [5.74, 6) is -1.80. The second-order valence-corrected chi connectivity index (χ2v) is 3.72. The molecule has 0 aliphatic heterocycles. The van der Waals surface area contributed by atoms with E-state index in [2.05, 4.69) is 9.53 Å². The zero-order chi connectivity index (χ0) is 13.7. The van der Waals surface area contributed by atoms with E-state index < -0.39 is 17.6 Å². The van der Waals surface area contributed by atoms with Crippen molar-refractivity contribution in [3.8, 4) is 0 Å². The van der Waals surface area contributed by atoms with Gasteiger partial charge in [-0.05, 0) is 24.3 Å². The van der Waals surface area contributed by atoms with Gasteiger partial charge < -0.3 is 15.2 Å². The van der Waals surface area contributed by atoms with Gasteiger partial charge in [0.15, 0.2) is 0 Å². The summed E-state index contributed by atoms with van der Waals surface area (Å²) in [7, 11) is 2.52. The van der Waals surface area contributed by atoms with E-state index in [1.54, 1.807) is 24.3 Å². The van der Waals surface area contributed by atoms with Crippen LogP contribution in [0.2, 0.25) is 5.02 Å². The van der Waals surface area contributed by atoms with E-state index in [9.17, 15) is 9.59 Å². The lowest BCUT2D eigenvalue weighted by Crippen LogP contribution is -2.38. The maximum Gasteiger partial charge on any atom is 0.463 e. The van der Waals surface area contributed by atoms with Crippen LogP contribution in [0.5, 0.6) is 0 Å². The van der Waals surface area contributed by atoms with Crippen LogP contribution < -0.4 is 4.90 Å². The molecule has 0 unspecified atom stereocenters. The molecule has 0 fully saturated rings. The Balaban J connectivity index is 3.00. The third-order valence-corrected chi connectivity index (χ3v) is 2.45. The minimum Gasteiger partial charge on any atom is -0.460 e. The Kier molecular flexibility index (Phi) is 4.59. The summed E-state index contributed by atoms with van der Waals surface area (Å²) < 4.78 is 4.33. The fourth-order valence-corrected chi connectivity index (χ4v) is 1.33. The van der Waals surface area contributed by atoms with Crippen molar-refractivity contribution < 1.29 is 19.1 Å². The summed E-state index contributed by atoms with van der Waals surface area (Å²) in [6.45, 7) is 0. The van der Waals surface area contributed by atoms with Gasteiger partial charge in [0.05, 0.1) is 7.11 Å². The SMILES string of the molecule is COC(=O)C(=[N+]=[N-])C(=O)N(C)c1ccc(Cl)cc1. The molecule has 1 rings (SSSR count). The lowest BCUT2D eigenvalue weighted by Gasteiger charge is -2.14. The normalized spacial score (nSPS) is 9.28. The van der Waals surface area contributed by atoms with Gasteiger partial charge in [-0.2, -0.15) is 4.79 Å². The number of hydrogen-bond donors (Lipinski definition) is 0. The number of hydrogen-bond acceptors (Lipinski definition) is 3. The van der Waals surface area contributed by atoms with E-state index in [0.29, 0.717) is 10.7 Å². The van der Waals surface area contributed by atoms with E-state index in [1.165, 1.54) is 7.05 Å². The molecule has 1 aromatic rings. The average Bonchev–Trinajstić information content (AvgIpc) is 2.39. The minimum atomic E-state index is -1.01. The van der Waals surface area contributed by atoms with Crippen molar-refractivity contribution in [1.82, 2.24) is 0 Å². The molecule has 0 atom stereocenters.